The summed E-state index contributed by atoms with van der Waals surface area (Å²) in [6.07, 6.45) is 2.45. The summed E-state index contributed by atoms with van der Waals surface area (Å²) < 4.78 is 11.0. The molecule has 0 amide bonds. The van der Waals surface area contributed by atoms with Crippen molar-refractivity contribution in [3.8, 4) is 11.8 Å². The Bertz CT molecular complexity index is 422. The van der Waals surface area contributed by atoms with Gasteiger partial charge < -0.3 is 14.8 Å². The number of hydrogen-bond donors (Lipinski definition) is 1. The number of nitrogens with zero attached hydrogens (tertiary/aromatic N) is 1. The fourth-order valence-electron chi connectivity index (χ4n) is 2.04. The van der Waals surface area contributed by atoms with Gasteiger partial charge in [0.1, 0.15) is 5.75 Å². The maximum absolute atomic E-state index is 8.46. The maximum Gasteiger partial charge on any atom is 0.121 e. The molecule has 1 saturated heterocycles. The Morgan fingerprint density at radius 2 is 2.42 bits per heavy atom. The quantitative estimate of drug-likeness (QED) is 0.766. The van der Waals surface area contributed by atoms with Crippen LogP contribution >= 0.6 is 0 Å². The summed E-state index contributed by atoms with van der Waals surface area (Å²) in [5, 5.41) is 11.9. The molecule has 0 aromatic heterocycles. The Kier molecular flexibility index (Phi) is 5.51. The van der Waals surface area contributed by atoms with E-state index in [9.17, 15) is 0 Å². The molecule has 0 spiro atoms. The SMILES string of the molecule is N#CCCCOc1cccc(NCC2CCOC2)c1. The van der Waals surface area contributed by atoms with Gasteiger partial charge in [-0.1, -0.05) is 6.07 Å². The largest absolute Gasteiger partial charge is 0.493 e. The van der Waals surface area contributed by atoms with Gasteiger partial charge in [-0.2, -0.15) is 5.26 Å². The molecule has 1 N–H and O–H groups in total. The third kappa shape index (κ3) is 4.80. The van der Waals surface area contributed by atoms with Gasteiger partial charge in [0, 0.05) is 37.2 Å². The fraction of sp³-hybridized carbons (Fsp3) is 0.533. The first kappa shape index (κ1) is 13.7. The molecule has 2 rings (SSSR count). The van der Waals surface area contributed by atoms with Gasteiger partial charge in [-0.3, -0.25) is 0 Å². The van der Waals surface area contributed by atoms with Crippen molar-refractivity contribution in [3.63, 3.8) is 0 Å². The predicted octanol–water partition coefficient (Wildman–Crippen LogP) is 2.82. The first-order valence-corrected chi connectivity index (χ1v) is 6.80. The molecule has 4 heteroatoms. The van der Waals surface area contributed by atoms with Crippen molar-refractivity contribution < 1.29 is 9.47 Å². The van der Waals surface area contributed by atoms with E-state index in [0.717, 1.165) is 44.0 Å². The first-order chi connectivity index (χ1) is 9.38. The molecule has 1 aliphatic rings. The first-order valence-electron chi connectivity index (χ1n) is 6.80. The highest BCUT2D eigenvalue weighted by atomic mass is 16.5. The smallest absolute Gasteiger partial charge is 0.121 e. The second kappa shape index (κ2) is 7.65. The number of rotatable bonds is 7. The van der Waals surface area contributed by atoms with Crippen LogP contribution in [0.2, 0.25) is 0 Å². The fourth-order valence-corrected chi connectivity index (χ4v) is 2.04. The van der Waals surface area contributed by atoms with E-state index < -0.39 is 0 Å². The Morgan fingerprint density at radius 1 is 1.47 bits per heavy atom. The summed E-state index contributed by atoms with van der Waals surface area (Å²) in [6, 6.07) is 10.1. The van der Waals surface area contributed by atoms with Crippen molar-refractivity contribution in [2.24, 2.45) is 5.92 Å². The Hall–Kier alpha value is -1.73. The highest BCUT2D eigenvalue weighted by molar-refractivity contribution is 5.48. The topological polar surface area (TPSA) is 54.3 Å². The highest BCUT2D eigenvalue weighted by Crippen LogP contribution is 2.19. The van der Waals surface area contributed by atoms with Gasteiger partial charge in [0.25, 0.3) is 0 Å². The van der Waals surface area contributed by atoms with Crippen molar-refractivity contribution >= 4 is 5.69 Å². The molecule has 102 valence electrons. The van der Waals surface area contributed by atoms with Crippen LogP contribution in [0.4, 0.5) is 5.69 Å². The van der Waals surface area contributed by atoms with Crippen LogP contribution in [0.3, 0.4) is 0 Å². The van der Waals surface area contributed by atoms with Gasteiger partial charge in [-0.15, -0.1) is 0 Å². The zero-order valence-corrected chi connectivity index (χ0v) is 11.1. The molecular weight excluding hydrogens is 240 g/mol. The Labute approximate surface area is 114 Å². The Morgan fingerprint density at radius 3 is 3.21 bits per heavy atom. The summed E-state index contributed by atoms with van der Waals surface area (Å²) in [5.74, 6) is 1.46. The van der Waals surface area contributed by atoms with Crippen molar-refractivity contribution in [3.05, 3.63) is 24.3 Å². The molecule has 1 aromatic carbocycles. The van der Waals surface area contributed by atoms with E-state index in [-0.39, 0.29) is 0 Å². The molecule has 0 saturated carbocycles. The van der Waals surface area contributed by atoms with E-state index >= 15 is 0 Å². The second-order valence-electron chi connectivity index (χ2n) is 4.75. The van der Waals surface area contributed by atoms with Gasteiger partial charge in [-0.25, -0.2) is 0 Å². The molecule has 19 heavy (non-hydrogen) atoms. The molecule has 1 unspecified atom stereocenters. The number of anilines is 1. The average Bonchev–Trinajstić information content (AvgIpc) is 2.95. The summed E-state index contributed by atoms with van der Waals surface area (Å²) in [7, 11) is 0. The standard InChI is InChI=1S/C15H20N2O2/c16-7-1-2-8-19-15-5-3-4-14(10-15)17-11-13-6-9-18-12-13/h3-5,10,13,17H,1-2,6,8-9,11-12H2. The third-order valence-electron chi connectivity index (χ3n) is 3.15. The minimum absolute atomic E-state index is 0.541. The lowest BCUT2D eigenvalue weighted by Crippen LogP contribution is -2.14. The predicted molar refractivity (Wildman–Crippen MR) is 74.2 cm³/mol. The van der Waals surface area contributed by atoms with Crippen LogP contribution in [-0.4, -0.2) is 26.4 Å². The van der Waals surface area contributed by atoms with E-state index in [1.54, 1.807) is 0 Å². The van der Waals surface area contributed by atoms with Crippen LogP contribution in [0.5, 0.6) is 5.75 Å². The number of unbranched alkanes of at least 4 members (excludes halogenated alkanes) is 1. The molecule has 0 aliphatic carbocycles. The second-order valence-corrected chi connectivity index (χ2v) is 4.75. The van der Waals surface area contributed by atoms with Gasteiger partial charge in [-0.05, 0) is 25.0 Å². The van der Waals surface area contributed by atoms with Gasteiger partial charge in [0.05, 0.1) is 19.3 Å². The molecule has 0 radical (unpaired) electrons. The highest BCUT2D eigenvalue weighted by Gasteiger charge is 2.14. The minimum atomic E-state index is 0.541. The zero-order valence-electron chi connectivity index (χ0n) is 11.1. The molecule has 1 heterocycles. The van der Waals surface area contributed by atoms with E-state index in [1.807, 2.05) is 24.3 Å². The molecule has 4 nitrogen and oxygen atoms in total. The summed E-state index contributed by atoms with van der Waals surface area (Å²) in [6.45, 7) is 3.27. The summed E-state index contributed by atoms with van der Waals surface area (Å²) >= 11 is 0. The summed E-state index contributed by atoms with van der Waals surface area (Å²) in [4.78, 5) is 0. The van der Waals surface area contributed by atoms with Crippen LogP contribution in [-0.2, 0) is 4.74 Å². The molecule has 1 aliphatic heterocycles. The van der Waals surface area contributed by atoms with Crippen molar-refractivity contribution in [2.45, 2.75) is 19.3 Å². The van der Waals surface area contributed by atoms with E-state index in [1.165, 1.54) is 0 Å². The van der Waals surface area contributed by atoms with Crippen molar-refractivity contribution in [1.82, 2.24) is 0 Å². The van der Waals surface area contributed by atoms with Crippen LogP contribution in [0.25, 0.3) is 0 Å². The number of nitrogens with one attached hydrogen (secondary N) is 1. The zero-order chi connectivity index (χ0) is 13.3. The monoisotopic (exact) mass is 260 g/mol. The number of ether oxygens (including phenoxy) is 2. The van der Waals surface area contributed by atoms with Gasteiger partial charge in [0.15, 0.2) is 0 Å². The normalized spacial score (nSPS) is 17.9. The van der Waals surface area contributed by atoms with Crippen LogP contribution in [0.1, 0.15) is 19.3 Å². The summed E-state index contributed by atoms with van der Waals surface area (Å²) in [5.41, 5.74) is 1.07. The molecule has 1 aromatic rings. The van der Waals surface area contributed by atoms with Crippen molar-refractivity contribution in [1.29, 1.82) is 5.26 Å². The lowest BCUT2D eigenvalue weighted by Gasteiger charge is -2.12. The minimum Gasteiger partial charge on any atom is -0.493 e. The number of hydrogen-bond acceptors (Lipinski definition) is 4. The molecule has 0 bridgehead atoms. The third-order valence-corrected chi connectivity index (χ3v) is 3.15. The molecular formula is C15H20N2O2. The van der Waals surface area contributed by atoms with E-state index in [2.05, 4.69) is 11.4 Å². The lowest BCUT2D eigenvalue weighted by molar-refractivity contribution is 0.187. The average molecular weight is 260 g/mol. The van der Waals surface area contributed by atoms with Gasteiger partial charge in [0.2, 0.25) is 0 Å². The van der Waals surface area contributed by atoms with Crippen LogP contribution in [0.15, 0.2) is 24.3 Å². The van der Waals surface area contributed by atoms with Crippen LogP contribution < -0.4 is 10.1 Å². The Balaban J connectivity index is 1.76. The lowest BCUT2D eigenvalue weighted by atomic mass is 10.1. The van der Waals surface area contributed by atoms with Gasteiger partial charge >= 0.3 is 0 Å². The molecule has 1 fully saturated rings. The van der Waals surface area contributed by atoms with E-state index in [4.69, 9.17) is 14.7 Å². The van der Waals surface area contributed by atoms with Crippen molar-refractivity contribution in [2.75, 3.05) is 31.7 Å². The van der Waals surface area contributed by atoms with Crippen LogP contribution in [0, 0.1) is 17.2 Å². The van der Waals surface area contributed by atoms with E-state index in [0.29, 0.717) is 18.9 Å². The number of nitriles is 1. The molecule has 1 atom stereocenters. The maximum atomic E-state index is 8.46. The number of benzene rings is 1.